The van der Waals surface area contributed by atoms with Gasteiger partial charge in [-0.15, -0.1) is 0 Å². The molecule has 0 radical (unpaired) electrons. The standard InChI is InChI=1S/C16H25NO2/c1-5-13(11-18)15(19)17-10-12-6-8-14(9-7-12)16(2,3)4/h6-9,13,18H,5,10-11H2,1-4H3,(H,17,19). The van der Waals surface area contributed by atoms with Gasteiger partial charge in [0.25, 0.3) is 0 Å². The van der Waals surface area contributed by atoms with Crippen molar-refractivity contribution in [3.8, 4) is 0 Å². The van der Waals surface area contributed by atoms with Crippen LogP contribution in [0.3, 0.4) is 0 Å². The molecule has 1 atom stereocenters. The van der Waals surface area contributed by atoms with Crippen LogP contribution in [0.1, 0.15) is 45.2 Å². The van der Waals surface area contributed by atoms with Gasteiger partial charge >= 0.3 is 0 Å². The van der Waals surface area contributed by atoms with Gasteiger partial charge in [-0.25, -0.2) is 0 Å². The van der Waals surface area contributed by atoms with Crippen molar-refractivity contribution >= 4 is 5.91 Å². The van der Waals surface area contributed by atoms with Gasteiger partial charge < -0.3 is 10.4 Å². The van der Waals surface area contributed by atoms with Crippen LogP contribution in [0.15, 0.2) is 24.3 Å². The molecule has 3 nitrogen and oxygen atoms in total. The number of hydrogen-bond acceptors (Lipinski definition) is 2. The van der Waals surface area contributed by atoms with Crippen molar-refractivity contribution in [1.29, 1.82) is 0 Å². The Bertz CT molecular complexity index is 400. The summed E-state index contributed by atoms with van der Waals surface area (Å²) in [6, 6.07) is 8.29. The SMILES string of the molecule is CCC(CO)C(=O)NCc1ccc(C(C)(C)C)cc1. The molecule has 1 aromatic carbocycles. The second-order valence-electron chi connectivity index (χ2n) is 5.95. The second-order valence-corrected chi connectivity index (χ2v) is 5.95. The Morgan fingerprint density at radius 3 is 2.26 bits per heavy atom. The second kappa shape index (κ2) is 6.71. The highest BCUT2D eigenvalue weighted by Crippen LogP contribution is 2.22. The van der Waals surface area contributed by atoms with Crippen molar-refractivity contribution in [3.63, 3.8) is 0 Å². The quantitative estimate of drug-likeness (QED) is 0.858. The van der Waals surface area contributed by atoms with E-state index in [-0.39, 0.29) is 23.8 Å². The third-order valence-corrected chi connectivity index (χ3v) is 3.37. The van der Waals surface area contributed by atoms with Crippen LogP contribution in [0.25, 0.3) is 0 Å². The molecule has 1 rings (SSSR count). The van der Waals surface area contributed by atoms with Crippen LogP contribution >= 0.6 is 0 Å². The number of nitrogens with one attached hydrogen (secondary N) is 1. The molecule has 0 fully saturated rings. The minimum absolute atomic E-state index is 0.0788. The van der Waals surface area contributed by atoms with E-state index < -0.39 is 0 Å². The average Bonchev–Trinajstić information content (AvgIpc) is 2.37. The molecule has 0 saturated carbocycles. The Labute approximate surface area is 116 Å². The summed E-state index contributed by atoms with van der Waals surface area (Å²) in [7, 11) is 0. The van der Waals surface area contributed by atoms with Crippen molar-refractivity contribution < 1.29 is 9.90 Å². The zero-order valence-corrected chi connectivity index (χ0v) is 12.4. The fourth-order valence-corrected chi connectivity index (χ4v) is 1.85. The molecule has 1 unspecified atom stereocenters. The van der Waals surface area contributed by atoms with E-state index in [2.05, 4.69) is 38.2 Å². The summed E-state index contributed by atoms with van der Waals surface area (Å²) in [5.74, 6) is -0.376. The van der Waals surface area contributed by atoms with E-state index in [9.17, 15) is 4.79 Å². The molecule has 106 valence electrons. The van der Waals surface area contributed by atoms with Crippen molar-refractivity contribution in [1.82, 2.24) is 5.32 Å². The molecule has 1 aromatic rings. The van der Waals surface area contributed by atoms with Crippen LogP contribution < -0.4 is 5.32 Å². The number of benzene rings is 1. The molecule has 0 aliphatic rings. The molecule has 2 N–H and O–H groups in total. The number of amides is 1. The normalized spacial score (nSPS) is 13.1. The van der Waals surface area contributed by atoms with Crippen LogP contribution in [0.4, 0.5) is 0 Å². The molecule has 0 saturated heterocycles. The minimum Gasteiger partial charge on any atom is -0.396 e. The van der Waals surface area contributed by atoms with Gasteiger partial charge in [-0.3, -0.25) is 4.79 Å². The van der Waals surface area contributed by atoms with Crippen molar-refractivity contribution in [2.24, 2.45) is 5.92 Å². The molecular formula is C16H25NO2. The van der Waals surface area contributed by atoms with Crippen LogP contribution in [0.2, 0.25) is 0 Å². The maximum absolute atomic E-state index is 11.7. The number of aliphatic hydroxyl groups is 1. The van der Waals surface area contributed by atoms with Crippen LogP contribution in [0, 0.1) is 5.92 Å². The van der Waals surface area contributed by atoms with E-state index in [0.29, 0.717) is 13.0 Å². The zero-order chi connectivity index (χ0) is 14.5. The summed E-state index contributed by atoms with van der Waals surface area (Å²) in [6.07, 6.45) is 0.658. The molecule has 0 aromatic heterocycles. The van der Waals surface area contributed by atoms with E-state index in [4.69, 9.17) is 5.11 Å². The van der Waals surface area contributed by atoms with Gasteiger partial charge in [0.15, 0.2) is 0 Å². The monoisotopic (exact) mass is 263 g/mol. The lowest BCUT2D eigenvalue weighted by Crippen LogP contribution is -2.31. The highest BCUT2D eigenvalue weighted by molar-refractivity contribution is 5.78. The number of carbonyl (C=O) groups is 1. The van der Waals surface area contributed by atoms with Gasteiger partial charge in [0.2, 0.25) is 5.91 Å². The maximum atomic E-state index is 11.7. The Kier molecular flexibility index (Phi) is 5.55. The third-order valence-electron chi connectivity index (χ3n) is 3.37. The number of hydrogen-bond donors (Lipinski definition) is 2. The summed E-state index contributed by atoms with van der Waals surface area (Å²) >= 11 is 0. The molecular weight excluding hydrogens is 238 g/mol. The Morgan fingerprint density at radius 1 is 1.26 bits per heavy atom. The zero-order valence-electron chi connectivity index (χ0n) is 12.4. The van der Waals surface area contributed by atoms with Gasteiger partial charge in [-0.1, -0.05) is 52.0 Å². The molecule has 0 heterocycles. The van der Waals surface area contributed by atoms with Crippen LogP contribution in [-0.4, -0.2) is 17.6 Å². The van der Waals surface area contributed by atoms with Gasteiger partial charge in [0, 0.05) is 6.54 Å². The predicted octanol–water partition coefficient (Wildman–Crippen LogP) is 2.62. The molecule has 0 spiro atoms. The summed E-state index contributed by atoms with van der Waals surface area (Å²) in [5.41, 5.74) is 2.50. The Morgan fingerprint density at radius 2 is 1.84 bits per heavy atom. The molecule has 3 heteroatoms. The van der Waals surface area contributed by atoms with E-state index >= 15 is 0 Å². The van der Waals surface area contributed by atoms with Crippen LogP contribution in [0.5, 0.6) is 0 Å². The highest BCUT2D eigenvalue weighted by atomic mass is 16.3. The van der Waals surface area contributed by atoms with Gasteiger partial charge in [0.1, 0.15) is 0 Å². The number of carbonyl (C=O) groups excluding carboxylic acids is 1. The molecule has 0 aliphatic heterocycles. The van der Waals surface area contributed by atoms with Crippen molar-refractivity contribution in [3.05, 3.63) is 35.4 Å². The smallest absolute Gasteiger partial charge is 0.225 e. The van der Waals surface area contributed by atoms with E-state index in [1.54, 1.807) is 0 Å². The van der Waals surface area contributed by atoms with Gasteiger partial charge in [0.05, 0.1) is 12.5 Å². The fourth-order valence-electron chi connectivity index (χ4n) is 1.85. The van der Waals surface area contributed by atoms with E-state index in [0.717, 1.165) is 5.56 Å². The molecule has 1 amide bonds. The maximum Gasteiger partial charge on any atom is 0.225 e. The number of rotatable bonds is 5. The highest BCUT2D eigenvalue weighted by Gasteiger charge is 2.15. The molecule has 0 aliphatic carbocycles. The molecule has 19 heavy (non-hydrogen) atoms. The molecule has 0 bridgehead atoms. The Hall–Kier alpha value is -1.35. The first-order valence-electron chi connectivity index (χ1n) is 6.86. The first kappa shape index (κ1) is 15.7. The van der Waals surface area contributed by atoms with E-state index in [1.165, 1.54) is 5.56 Å². The van der Waals surface area contributed by atoms with Crippen LogP contribution in [-0.2, 0) is 16.8 Å². The lowest BCUT2D eigenvalue weighted by atomic mass is 9.87. The first-order valence-corrected chi connectivity index (χ1v) is 6.86. The van der Waals surface area contributed by atoms with Gasteiger partial charge in [-0.2, -0.15) is 0 Å². The Balaban J connectivity index is 2.57. The summed E-state index contributed by atoms with van der Waals surface area (Å²) < 4.78 is 0. The van der Waals surface area contributed by atoms with Crippen molar-refractivity contribution in [2.45, 2.75) is 46.1 Å². The number of aliphatic hydroxyl groups excluding tert-OH is 1. The topological polar surface area (TPSA) is 49.3 Å². The lowest BCUT2D eigenvalue weighted by Gasteiger charge is -2.19. The predicted molar refractivity (Wildman–Crippen MR) is 77.9 cm³/mol. The van der Waals surface area contributed by atoms with Crippen molar-refractivity contribution in [2.75, 3.05) is 6.61 Å². The first-order chi connectivity index (χ1) is 8.88. The lowest BCUT2D eigenvalue weighted by molar-refractivity contribution is -0.126. The average molecular weight is 263 g/mol. The minimum atomic E-state index is -0.297. The third kappa shape index (κ3) is 4.67. The fraction of sp³-hybridized carbons (Fsp3) is 0.562. The summed E-state index contributed by atoms with van der Waals surface area (Å²) in [4.78, 5) is 11.7. The van der Waals surface area contributed by atoms with E-state index in [1.807, 2.05) is 19.1 Å². The summed E-state index contributed by atoms with van der Waals surface area (Å²) in [5, 5.41) is 11.9. The largest absolute Gasteiger partial charge is 0.396 e. The summed E-state index contributed by atoms with van der Waals surface area (Å²) in [6.45, 7) is 8.86. The van der Waals surface area contributed by atoms with Gasteiger partial charge in [-0.05, 0) is 23.0 Å².